The highest BCUT2D eigenvalue weighted by Gasteiger charge is 2.51. The summed E-state index contributed by atoms with van der Waals surface area (Å²) in [6.45, 7) is -0.607. The third kappa shape index (κ3) is 6.10. The van der Waals surface area contributed by atoms with Crippen LogP contribution in [-0.4, -0.2) is 127 Å². The number of carbonyl (C=O) groups is 3. The van der Waals surface area contributed by atoms with Crippen molar-refractivity contribution in [3.8, 4) is 0 Å². The molecule has 0 aliphatic carbocycles. The first kappa shape index (κ1) is 29.9. The van der Waals surface area contributed by atoms with Crippen molar-refractivity contribution in [1.82, 2.24) is 26.2 Å². The number of hydrogen-bond acceptors (Lipinski definition) is 12. The molecule has 0 unspecified atom stereocenters. The number of piperidine rings is 1. The standard InChI is InChI=1S/C17H29N7O8.2ClH/c1-19-4-8(27)24(2)11-12(28)13(32-16(18)30)7(5-25)31-15(11)23-17-21-9-6(26)3-20-14(29)10(9)22-17;;/h6-7,9-13,15,19,25-26,28H,3-5H2,1-2H3,(H2,18,30)(H,20,29)(H2,21,22,23);2*1H/t6-,7-,9-,10+,11-,12+,13+,15-;;/m1../s1. The van der Waals surface area contributed by atoms with Gasteiger partial charge >= 0.3 is 6.09 Å². The summed E-state index contributed by atoms with van der Waals surface area (Å²) in [6, 6.07) is -2.65. The van der Waals surface area contributed by atoms with Crippen molar-refractivity contribution in [3.05, 3.63) is 0 Å². The number of fused-ring (bicyclic) bond motifs is 1. The molecular formula is C17H31Cl2N7O8. The second kappa shape index (κ2) is 12.5. The molecule has 3 rings (SSSR count). The lowest BCUT2D eigenvalue weighted by molar-refractivity contribution is -0.215. The second-order valence-electron chi connectivity index (χ2n) is 7.74. The molecule has 196 valence electrons. The van der Waals surface area contributed by atoms with Gasteiger partial charge in [-0.05, 0) is 7.05 Å². The summed E-state index contributed by atoms with van der Waals surface area (Å²) in [6.07, 6.45) is -7.21. The number of aliphatic imine (C=N–C) groups is 1. The Morgan fingerprint density at radius 2 is 2.03 bits per heavy atom. The fraction of sp³-hybridized carbons (Fsp3) is 0.765. The van der Waals surface area contributed by atoms with Crippen LogP contribution in [0.25, 0.3) is 0 Å². The zero-order chi connectivity index (χ0) is 23.6. The van der Waals surface area contributed by atoms with Crippen molar-refractivity contribution in [2.24, 2.45) is 10.7 Å². The van der Waals surface area contributed by atoms with Gasteiger partial charge in [0.15, 0.2) is 24.3 Å². The Bertz CT molecular complexity index is 778. The molecule has 2 fully saturated rings. The van der Waals surface area contributed by atoms with Gasteiger partial charge in [0.1, 0.15) is 18.2 Å². The summed E-state index contributed by atoms with van der Waals surface area (Å²) in [5.41, 5.74) is 5.09. The van der Waals surface area contributed by atoms with E-state index in [2.05, 4.69) is 26.3 Å². The predicted octanol–water partition coefficient (Wildman–Crippen LogP) is -4.80. The van der Waals surface area contributed by atoms with Crippen LogP contribution in [0.15, 0.2) is 4.99 Å². The Kier molecular flexibility index (Phi) is 11.0. The molecule has 0 aromatic rings. The van der Waals surface area contributed by atoms with E-state index in [9.17, 15) is 29.7 Å². The van der Waals surface area contributed by atoms with E-state index in [0.29, 0.717) is 0 Å². The summed E-state index contributed by atoms with van der Waals surface area (Å²) in [7, 11) is 3.00. The minimum absolute atomic E-state index is 0. The van der Waals surface area contributed by atoms with Crippen LogP contribution in [-0.2, 0) is 19.1 Å². The maximum Gasteiger partial charge on any atom is 0.404 e. The van der Waals surface area contributed by atoms with E-state index in [0.717, 1.165) is 0 Å². The van der Waals surface area contributed by atoms with Crippen LogP contribution in [0.2, 0.25) is 0 Å². The van der Waals surface area contributed by atoms with Gasteiger partial charge in [0.05, 0.1) is 25.3 Å². The monoisotopic (exact) mass is 531 g/mol. The number of aliphatic hydroxyl groups excluding tert-OH is 3. The van der Waals surface area contributed by atoms with E-state index in [4.69, 9.17) is 15.2 Å². The normalized spacial score (nSPS) is 34.1. The number of likely N-dealkylation sites (N-methyl/N-ethyl adjacent to an activating group) is 2. The number of carbonyl (C=O) groups excluding carboxylic acids is 3. The van der Waals surface area contributed by atoms with Crippen molar-refractivity contribution in [1.29, 1.82) is 0 Å². The maximum atomic E-state index is 12.5. The summed E-state index contributed by atoms with van der Waals surface area (Å²) in [5, 5.41) is 41.8. The average molecular weight is 532 g/mol. The third-order valence-corrected chi connectivity index (χ3v) is 5.64. The van der Waals surface area contributed by atoms with Crippen molar-refractivity contribution in [3.63, 3.8) is 0 Å². The Hall–Kier alpha value is -2.14. The molecule has 0 aromatic heterocycles. The number of aliphatic hydroxyl groups is 3. The fourth-order valence-electron chi connectivity index (χ4n) is 4.03. The van der Waals surface area contributed by atoms with E-state index >= 15 is 0 Å². The van der Waals surface area contributed by atoms with Crippen molar-refractivity contribution in [2.45, 2.75) is 48.8 Å². The Labute approximate surface area is 207 Å². The molecule has 0 bridgehead atoms. The Balaban J connectivity index is 0.00000289. The zero-order valence-corrected chi connectivity index (χ0v) is 20.0. The molecule has 2 saturated heterocycles. The second-order valence-corrected chi connectivity index (χ2v) is 7.74. The van der Waals surface area contributed by atoms with E-state index in [-0.39, 0.29) is 49.8 Å². The predicted molar refractivity (Wildman–Crippen MR) is 121 cm³/mol. The first-order valence-electron chi connectivity index (χ1n) is 10.0. The van der Waals surface area contributed by atoms with Gasteiger partial charge < -0.3 is 56.7 Å². The number of nitrogens with one attached hydrogen (secondary N) is 4. The molecule has 3 aliphatic rings. The highest BCUT2D eigenvalue weighted by Crippen LogP contribution is 2.26. The van der Waals surface area contributed by atoms with Gasteiger partial charge in [-0.2, -0.15) is 0 Å². The number of nitrogens with zero attached hydrogens (tertiary/aromatic N) is 2. The minimum atomic E-state index is -1.49. The molecule has 17 heteroatoms. The van der Waals surface area contributed by atoms with Gasteiger partial charge in [0.2, 0.25) is 11.8 Å². The molecule has 3 heterocycles. The van der Waals surface area contributed by atoms with Gasteiger partial charge in [-0.1, -0.05) is 0 Å². The molecule has 15 nitrogen and oxygen atoms in total. The molecular weight excluding hydrogens is 501 g/mol. The van der Waals surface area contributed by atoms with Crippen LogP contribution in [0.4, 0.5) is 4.79 Å². The molecule has 3 aliphatic heterocycles. The molecule has 0 aromatic carbocycles. The van der Waals surface area contributed by atoms with Crippen LogP contribution in [0.5, 0.6) is 0 Å². The van der Waals surface area contributed by atoms with Gasteiger partial charge in [0, 0.05) is 13.6 Å². The first-order chi connectivity index (χ1) is 15.2. The SMILES string of the molecule is CNCC(=O)N(C)[C@@H]1[C@H](O)[C@@H](OC(N)=O)[C@@H](CO)O[C@H]1NC1=N[C@@H]2C(=O)NC[C@@H](O)[C@H]2N1.Cl.Cl. The van der Waals surface area contributed by atoms with E-state index < -0.39 is 67.4 Å². The molecule has 0 spiro atoms. The van der Waals surface area contributed by atoms with Crippen LogP contribution in [0.3, 0.4) is 0 Å². The van der Waals surface area contributed by atoms with Crippen LogP contribution in [0, 0.1) is 0 Å². The Morgan fingerprint density at radius 1 is 1.35 bits per heavy atom. The summed E-state index contributed by atoms with van der Waals surface area (Å²) >= 11 is 0. The largest absolute Gasteiger partial charge is 0.441 e. The topological polar surface area (TPSA) is 220 Å². The summed E-state index contributed by atoms with van der Waals surface area (Å²) < 4.78 is 10.7. The number of hydrogen-bond donors (Lipinski definition) is 8. The zero-order valence-electron chi connectivity index (χ0n) is 18.4. The van der Waals surface area contributed by atoms with E-state index in [1.807, 2.05) is 0 Å². The number of nitrogens with two attached hydrogens (primary N) is 1. The average Bonchev–Trinajstić information content (AvgIpc) is 3.17. The van der Waals surface area contributed by atoms with Crippen LogP contribution < -0.4 is 27.0 Å². The molecule has 0 saturated carbocycles. The molecule has 9 N–H and O–H groups in total. The quantitative estimate of drug-likeness (QED) is 0.162. The number of primary amides is 1. The number of β-amino-alcohol motifs (C(OH)–C–C–N with tert-alkyl or cyclic N) is 1. The van der Waals surface area contributed by atoms with Crippen molar-refractivity contribution < 1.29 is 39.2 Å². The van der Waals surface area contributed by atoms with Gasteiger partial charge in [-0.15, -0.1) is 24.8 Å². The lowest BCUT2D eigenvalue weighted by atomic mass is 9.94. The molecule has 0 radical (unpaired) electrons. The number of halogens is 2. The number of ether oxygens (including phenoxy) is 2. The Morgan fingerprint density at radius 3 is 2.59 bits per heavy atom. The number of rotatable bonds is 6. The number of amides is 3. The molecule has 8 atom stereocenters. The highest BCUT2D eigenvalue weighted by molar-refractivity contribution is 5.92. The van der Waals surface area contributed by atoms with E-state index in [1.165, 1.54) is 11.9 Å². The maximum absolute atomic E-state index is 12.5. The molecule has 34 heavy (non-hydrogen) atoms. The lowest BCUT2D eigenvalue weighted by Crippen LogP contribution is -2.70. The van der Waals surface area contributed by atoms with E-state index in [1.54, 1.807) is 7.05 Å². The third-order valence-electron chi connectivity index (χ3n) is 5.64. The fourth-order valence-corrected chi connectivity index (χ4v) is 4.03. The number of guanidine groups is 1. The smallest absolute Gasteiger partial charge is 0.404 e. The van der Waals surface area contributed by atoms with Crippen molar-refractivity contribution >= 4 is 48.7 Å². The lowest BCUT2D eigenvalue weighted by Gasteiger charge is -2.47. The first-order valence-corrected chi connectivity index (χ1v) is 10.0. The van der Waals surface area contributed by atoms with Gasteiger partial charge in [-0.3, -0.25) is 9.59 Å². The van der Waals surface area contributed by atoms with Gasteiger partial charge in [-0.25, -0.2) is 9.79 Å². The summed E-state index contributed by atoms with van der Waals surface area (Å²) in [5.74, 6) is -0.675. The highest BCUT2D eigenvalue weighted by atomic mass is 35.5. The molecule has 3 amide bonds. The van der Waals surface area contributed by atoms with Crippen LogP contribution >= 0.6 is 24.8 Å². The van der Waals surface area contributed by atoms with Gasteiger partial charge in [0.25, 0.3) is 0 Å². The van der Waals surface area contributed by atoms with Crippen LogP contribution in [0.1, 0.15) is 0 Å². The minimum Gasteiger partial charge on any atom is -0.441 e. The summed E-state index contributed by atoms with van der Waals surface area (Å²) in [4.78, 5) is 41.3. The van der Waals surface area contributed by atoms with Crippen molar-refractivity contribution in [2.75, 3.05) is 33.8 Å².